The Labute approximate surface area is 109 Å². The average Bonchev–Trinajstić information content (AvgIpc) is 2.77. The van der Waals surface area contributed by atoms with Gasteiger partial charge >= 0.3 is 0 Å². The molecule has 0 aliphatic rings. The molecule has 0 aliphatic heterocycles. The summed E-state index contributed by atoms with van der Waals surface area (Å²) in [6.45, 7) is 1.77. The van der Waals surface area contributed by atoms with E-state index in [-0.39, 0.29) is 0 Å². The zero-order chi connectivity index (χ0) is 12.1. The molecule has 0 spiro atoms. The van der Waals surface area contributed by atoms with Gasteiger partial charge in [-0.15, -0.1) is 0 Å². The van der Waals surface area contributed by atoms with Crippen molar-refractivity contribution in [2.45, 2.75) is 13.1 Å². The van der Waals surface area contributed by atoms with Crippen LogP contribution in [0.3, 0.4) is 0 Å². The highest BCUT2D eigenvalue weighted by Crippen LogP contribution is 2.17. The van der Waals surface area contributed by atoms with Crippen molar-refractivity contribution >= 4 is 15.9 Å². The van der Waals surface area contributed by atoms with Crippen molar-refractivity contribution in [2.75, 3.05) is 6.61 Å². The molecule has 5 heteroatoms. The van der Waals surface area contributed by atoms with Crippen LogP contribution in [0.2, 0.25) is 0 Å². The second kappa shape index (κ2) is 5.84. The van der Waals surface area contributed by atoms with Crippen molar-refractivity contribution in [1.29, 1.82) is 0 Å². The number of hydrogen-bond acceptors (Lipinski definition) is 3. The maximum absolute atomic E-state index is 5.61. The lowest BCUT2D eigenvalue weighted by Crippen LogP contribution is -2.09. The standard InChI is InChI=1S/C12H14BrN3O/c13-10-2-1-3-12(8-10)17-7-6-16-5-4-11(9-14)15-16/h1-5,8H,6-7,9,14H2. The van der Waals surface area contributed by atoms with Crippen molar-refractivity contribution in [1.82, 2.24) is 9.78 Å². The first-order chi connectivity index (χ1) is 8.28. The predicted octanol–water partition coefficient (Wildman–Crippen LogP) is 2.18. The van der Waals surface area contributed by atoms with Crippen LogP contribution in [0.1, 0.15) is 5.69 Å². The lowest BCUT2D eigenvalue weighted by molar-refractivity contribution is 0.291. The molecular weight excluding hydrogens is 282 g/mol. The number of rotatable bonds is 5. The summed E-state index contributed by atoms with van der Waals surface area (Å²) in [5.74, 6) is 0.852. The van der Waals surface area contributed by atoms with Crippen molar-refractivity contribution in [3.63, 3.8) is 0 Å². The van der Waals surface area contributed by atoms with Gasteiger partial charge in [0.15, 0.2) is 0 Å². The van der Waals surface area contributed by atoms with E-state index in [0.29, 0.717) is 19.7 Å². The summed E-state index contributed by atoms with van der Waals surface area (Å²) >= 11 is 3.40. The Morgan fingerprint density at radius 2 is 2.24 bits per heavy atom. The van der Waals surface area contributed by atoms with Crippen molar-refractivity contribution in [2.24, 2.45) is 5.73 Å². The van der Waals surface area contributed by atoms with E-state index in [1.54, 1.807) is 0 Å². The third kappa shape index (κ3) is 3.57. The molecule has 0 unspecified atom stereocenters. The molecule has 2 rings (SSSR count). The summed E-state index contributed by atoms with van der Waals surface area (Å²) in [6.07, 6.45) is 1.91. The molecule has 0 radical (unpaired) electrons. The van der Waals surface area contributed by atoms with Gasteiger partial charge in [0.1, 0.15) is 12.4 Å². The second-order valence-electron chi connectivity index (χ2n) is 3.58. The average molecular weight is 296 g/mol. The highest BCUT2D eigenvalue weighted by Gasteiger charge is 1.98. The number of hydrogen-bond donors (Lipinski definition) is 1. The van der Waals surface area contributed by atoms with Crippen LogP contribution in [0, 0.1) is 0 Å². The fourth-order valence-electron chi connectivity index (χ4n) is 1.45. The van der Waals surface area contributed by atoms with Gasteiger partial charge in [0.2, 0.25) is 0 Å². The van der Waals surface area contributed by atoms with E-state index in [4.69, 9.17) is 10.5 Å². The van der Waals surface area contributed by atoms with Gasteiger partial charge in [-0.05, 0) is 24.3 Å². The molecule has 0 saturated heterocycles. The molecule has 0 aliphatic carbocycles. The number of benzene rings is 1. The van der Waals surface area contributed by atoms with Gasteiger partial charge in [-0.25, -0.2) is 0 Å². The Bertz CT molecular complexity index is 484. The van der Waals surface area contributed by atoms with E-state index in [1.165, 1.54) is 0 Å². The van der Waals surface area contributed by atoms with Crippen LogP contribution in [0.15, 0.2) is 41.0 Å². The number of nitrogens with two attached hydrogens (primary N) is 1. The van der Waals surface area contributed by atoms with E-state index in [2.05, 4.69) is 21.0 Å². The molecule has 1 heterocycles. The van der Waals surface area contributed by atoms with Gasteiger partial charge in [0.05, 0.1) is 12.2 Å². The minimum absolute atomic E-state index is 0.472. The van der Waals surface area contributed by atoms with Crippen LogP contribution in [-0.4, -0.2) is 16.4 Å². The first-order valence-electron chi connectivity index (χ1n) is 5.38. The van der Waals surface area contributed by atoms with E-state index < -0.39 is 0 Å². The summed E-state index contributed by atoms with van der Waals surface area (Å²) in [7, 11) is 0. The highest BCUT2D eigenvalue weighted by molar-refractivity contribution is 9.10. The summed E-state index contributed by atoms with van der Waals surface area (Å²) in [5, 5.41) is 4.28. The maximum Gasteiger partial charge on any atom is 0.120 e. The number of nitrogens with zero attached hydrogens (tertiary/aromatic N) is 2. The molecule has 0 amide bonds. The number of ether oxygens (including phenoxy) is 1. The second-order valence-corrected chi connectivity index (χ2v) is 4.50. The SMILES string of the molecule is NCc1ccn(CCOc2cccc(Br)c2)n1. The molecular formula is C12H14BrN3O. The third-order valence-electron chi connectivity index (χ3n) is 2.29. The molecule has 90 valence electrons. The van der Waals surface area contributed by atoms with Crippen LogP contribution >= 0.6 is 15.9 Å². The number of halogens is 1. The van der Waals surface area contributed by atoms with Crippen LogP contribution in [-0.2, 0) is 13.1 Å². The Morgan fingerprint density at radius 3 is 2.94 bits per heavy atom. The van der Waals surface area contributed by atoms with Gasteiger partial charge in [-0.3, -0.25) is 4.68 Å². The van der Waals surface area contributed by atoms with Gasteiger partial charge < -0.3 is 10.5 Å². The topological polar surface area (TPSA) is 53.1 Å². The Hall–Kier alpha value is -1.33. The molecule has 1 aromatic heterocycles. The lowest BCUT2D eigenvalue weighted by Gasteiger charge is -2.06. The fourth-order valence-corrected chi connectivity index (χ4v) is 1.83. The van der Waals surface area contributed by atoms with E-state index in [1.807, 2.05) is 41.2 Å². The fraction of sp³-hybridized carbons (Fsp3) is 0.250. The van der Waals surface area contributed by atoms with Crippen molar-refractivity contribution < 1.29 is 4.74 Å². The summed E-state index contributed by atoms with van der Waals surface area (Å²) in [5.41, 5.74) is 6.38. The van der Waals surface area contributed by atoms with Crippen LogP contribution in [0.4, 0.5) is 0 Å². The van der Waals surface area contributed by atoms with Crippen molar-refractivity contribution in [3.8, 4) is 5.75 Å². The highest BCUT2D eigenvalue weighted by atomic mass is 79.9. The lowest BCUT2D eigenvalue weighted by atomic mass is 10.3. The molecule has 0 saturated carbocycles. The quantitative estimate of drug-likeness (QED) is 0.920. The van der Waals surface area contributed by atoms with E-state index >= 15 is 0 Å². The summed E-state index contributed by atoms with van der Waals surface area (Å²) in [6, 6.07) is 9.69. The van der Waals surface area contributed by atoms with Crippen LogP contribution in [0.25, 0.3) is 0 Å². The van der Waals surface area contributed by atoms with Gasteiger partial charge in [-0.1, -0.05) is 22.0 Å². The summed E-state index contributed by atoms with van der Waals surface area (Å²) in [4.78, 5) is 0. The Kier molecular flexibility index (Phi) is 4.17. The largest absolute Gasteiger partial charge is 0.492 e. The van der Waals surface area contributed by atoms with Crippen LogP contribution < -0.4 is 10.5 Å². The summed E-state index contributed by atoms with van der Waals surface area (Å²) < 4.78 is 8.46. The molecule has 0 fully saturated rings. The molecule has 2 N–H and O–H groups in total. The minimum atomic E-state index is 0.472. The van der Waals surface area contributed by atoms with Gasteiger partial charge in [0, 0.05) is 17.2 Å². The number of aromatic nitrogens is 2. The first-order valence-corrected chi connectivity index (χ1v) is 6.18. The molecule has 4 nitrogen and oxygen atoms in total. The Balaban J connectivity index is 1.83. The Morgan fingerprint density at radius 1 is 1.35 bits per heavy atom. The zero-order valence-corrected chi connectivity index (χ0v) is 10.9. The normalized spacial score (nSPS) is 10.5. The smallest absolute Gasteiger partial charge is 0.120 e. The molecule has 0 atom stereocenters. The first kappa shape index (κ1) is 12.1. The van der Waals surface area contributed by atoms with Crippen molar-refractivity contribution in [3.05, 3.63) is 46.7 Å². The molecule has 1 aromatic carbocycles. The van der Waals surface area contributed by atoms with E-state index in [0.717, 1.165) is 15.9 Å². The molecule has 17 heavy (non-hydrogen) atoms. The third-order valence-corrected chi connectivity index (χ3v) is 2.78. The molecule has 2 aromatic rings. The zero-order valence-electron chi connectivity index (χ0n) is 9.34. The maximum atomic E-state index is 5.61. The van der Waals surface area contributed by atoms with Crippen LogP contribution in [0.5, 0.6) is 5.75 Å². The van der Waals surface area contributed by atoms with Gasteiger partial charge in [0.25, 0.3) is 0 Å². The predicted molar refractivity (Wildman–Crippen MR) is 69.8 cm³/mol. The molecule has 0 bridgehead atoms. The van der Waals surface area contributed by atoms with Gasteiger partial charge in [-0.2, -0.15) is 5.10 Å². The minimum Gasteiger partial charge on any atom is -0.492 e. The van der Waals surface area contributed by atoms with E-state index in [9.17, 15) is 0 Å². The monoisotopic (exact) mass is 295 g/mol.